The van der Waals surface area contributed by atoms with E-state index in [1.54, 1.807) is 0 Å². The smallest absolute Gasteiger partial charge is 0.160 e. The average molecular weight is 683 g/mol. The fourth-order valence-corrected chi connectivity index (χ4v) is 9.32. The lowest BCUT2D eigenvalue weighted by molar-refractivity contribution is 0.660. The summed E-state index contributed by atoms with van der Waals surface area (Å²) >= 11 is 1.86. The van der Waals surface area contributed by atoms with E-state index >= 15 is 0 Å². The number of hydrogen-bond acceptors (Lipinski definition) is 3. The lowest BCUT2D eigenvalue weighted by Gasteiger charge is -2.22. The number of aromatic nitrogens is 2. The number of rotatable bonds is 5. The van der Waals surface area contributed by atoms with Gasteiger partial charge in [-0.25, -0.2) is 9.97 Å². The van der Waals surface area contributed by atoms with E-state index in [0.29, 0.717) is 0 Å². The Morgan fingerprint density at radius 3 is 1.83 bits per heavy atom. The summed E-state index contributed by atoms with van der Waals surface area (Å²) in [6, 6.07) is 61.1. The van der Waals surface area contributed by atoms with E-state index in [0.717, 1.165) is 33.9 Å². The van der Waals surface area contributed by atoms with Gasteiger partial charge in [0.05, 0.1) is 11.4 Å². The number of fused-ring (bicyclic) bond motifs is 6. The van der Waals surface area contributed by atoms with E-state index in [4.69, 9.17) is 9.97 Å². The third-order valence-electron chi connectivity index (χ3n) is 10.7. The van der Waals surface area contributed by atoms with Gasteiger partial charge in [0.2, 0.25) is 0 Å². The minimum atomic E-state index is -0.0240. The lowest BCUT2D eigenvalue weighted by atomic mass is 9.81. The SMILES string of the molecule is CC1(C)c2ccccc2-c2ccc(-c3ccc(-c4ccc(-c5cc(-c6ccccc6)nc(-c6ccccc6)n5)c5c4sc4ccccc45)cc3)cc21. The first-order chi connectivity index (χ1) is 25.5. The van der Waals surface area contributed by atoms with E-state index < -0.39 is 0 Å². The van der Waals surface area contributed by atoms with Crippen LogP contribution in [0.25, 0.3) is 87.5 Å². The Bertz CT molecular complexity index is 2740. The third kappa shape index (κ3) is 4.92. The maximum absolute atomic E-state index is 5.23. The first-order valence-electron chi connectivity index (χ1n) is 17.8. The van der Waals surface area contributed by atoms with Crippen molar-refractivity contribution in [1.29, 1.82) is 0 Å². The molecule has 2 heterocycles. The molecule has 0 saturated carbocycles. The molecule has 2 aromatic heterocycles. The van der Waals surface area contributed by atoms with Crippen LogP contribution in [-0.4, -0.2) is 9.97 Å². The van der Waals surface area contributed by atoms with Crippen molar-refractivity contribution in [1.82, 2.24) is 9.97 Å². The predicted octanol–water partition coefficient (Wildman–Crippen LogP) is 13.5. The lowest BCUT2D eigenvalue weighted by Crippen LogP contribution is -2.14. The van der Waals surface area contributed by atoms with Crippen LogP contribution in [0.15, 0.2) is 170 Å². The van der Waals surface area contributed by atoms with Crippen molar-refractivity contribution in [3.05, 3.63) is 181 Å². The van der Waals surface area contributed by atoms with Gasteiger partial charge in [-0.1, -0.05) is 166 Å². The van der Waals surface area contributed by atoms with E-state index in [1.807, 2.05) is 35.6 Å². The molecule has 0 radical (unpaired) electrons. The molecule has 0 fully saturated rings. The molecule has 52 heavy (non-hydrogen) atoms. The summed E-state index contributed by atoms with van der Waals surface area (Å²) in [5, 5.41) is 2.48. The number of benzene rings is 7. The van der Waals surface area contributed by atoms with E-state index in [2.05, 4.69) is 159 Å². The van der Waals surface area contributed by atoms with Gasteiger partial charge in [-0.15, -0.1) is 11.3 Å². The van der Waals surface area contributed by atoms with Gasteiger partial charge in [0.15, 0.2) is 5.82 Å². The molecule has 0 bridgehead atoms. The van der Waals surface area contributed by atoms with Crippen LogP contribution in [0.4, 0.5) is 0 Å². The van der Waals surface area contributed by atoms with E-state index in [1.165, 1.54) is 64.7 Å². The summed E-state index contributed by atoms with van der Waals surface area (Å²) in [6.07, 6.45) is 0. The van der Waals surface area contributed by atoms with Crippen molar-refractivity contribution in [2.45, 2.75) is 19.3 Å². The number of hydrogen-bond donors (Lipinski definition) is 0. The second-order valence-corrected chi connectivity index (χ2v) is 15.2. The van der Waals surface area contributed by atoms with Crippen molar-refractivity contribution in [2.24, 2.45) is 0 Å². The summed E-state index contributed by atoms with van der Waals surface area (Å²) in [5.41, 5.74) is 15.4. The standard InChI is InChI=1S/C49H34N2S/c1-49(2)41-19-11-9-17-37(41)38-26-25-35(29-42(38)49)31-21-23-32(24-22-31)36-27-28-39(46-40-18-10-12-20-45(40)52-47(36)46)44-30-43(33-13-5-3-6-14-33)50-48(51-44)34-15-7-4-8-16-34/h3-30H,1-2H3. The van der Waals surface area contributed by atoms with Crippen LogP contribution in [0.2, 0.25) is 0 Å². The highest BCUT2D eigenvalue weighted by atomic mass is 32.1. The number of nitrogens with zero attached hydrogens (tertiary/aromatic N) is 2. The van der Waals surface area contributed by atoms with Gasteiger partial charge in [-0.05, 0) is 62.7 Å². The molecule has 7 aromatic carbocycles. The van der Waals surface area contributed by atoms with Gasteiger partial charge in [0.1, 0.15) is 0 Å². The highest BCUT2D eigenvalue weighted by molar-refractivity contribution is 7.26. The van der Waals surface area contributed by atoms with Crippen LogP contribution < -0.4 is 0 Å². The second kappa shape index (κ2) is 12.0. The van der Waals surface area contributed by atoms with Gasteiger partial charge < -0.3 is 0 Å². The molecule has 0 unspecified atom stereocenters. The quantitative estimate of drug-likeness (QED) is 0.181. The molecule has 0 aliphatic heterocycles. The molecule has 0 N–H and O–H groups in total. The summed E-state index contributed by atoms with van der Waals surface area (Å²) in [4.78, 5) is 10.3. The fraction of sp³-hybridized carbons (Fsp3) is 0.0612. The Balaban J connectivity index is 1.10. The summed E-state index contributed by atoms with van der Waals surface area (Å²) in [5.74, 6) is 0.725. The zero-order valence-electron chi connectivity index (χ0n) is 29.0. The zero-order chi connectivity index (χ0) is 34.8. The molecule has 3 heteroatoms. The highest BCUT2D eigenvalue weighted by Crippen LogP contribution is 2.50. The molecule has 2 nitrogen and oxygen atoms in total. The zero-order valence-corrected chi connectivity index (χ0v) is 29.8. The van der Waals surface area contributed by atoms with Gasteiger partial charge >= 0.3 is 0 Å². The molecule has 1 aliphatic rings. The Morgan fingerprint density at radius 2 is 1.02 bits per heavy atom. The van der Waals surface area contributed by atoms with Gasteiger partial charge in [0, 0.05) is 42.3 Å². The Kier molecular flexibility index (Phi) is 7.06. The van der Waals surface area contributed by atoms with Gasteiger partial charge in [-0.3, -0.25) is 0 Å². The second-order valence-electron chi connectivity index (χ2n) is 14.2. The van der Waals surface area contributed by atoms with Crippen LogP contribution in [0.5, 0.6) is 0 Å². The molecule has 0 amide bonds. The Hall–Kier alpha value is -6.16. The Labute approximate surface area is 307 Å². The Morgan fingerprint density at radius 1 is 0.423 bits per heavy atom. The molecular formula is C49H34N2S. The van der Waals surface area contributed by atoms with E-state index in [-0.39, 0.29) is 5.41 Å². The molecule has 1 aliphatic carbocycles. The molecule has 0 atom stereocenters. The monoisotopic (exact) mass is 682 g/mol. The highest BCUT2D eigenvalue weighted by Gasteiger charge is 2.35. The van der Waals surface area contributed by atoms with E-state index in [9.17, 15) is 0 Å². The molecular weight excluding hydrogens is 649 g/mol. The van der Waals surface area contributed by atoms with Gasteiger partial charge in [-0.2, -0.15) is 0 Å². The van der Waals surface area contributed by atoms with Gasteiger partial charge in [0.25, 0.3) is 0 Å². The molecule has 9 aromatic rings. The van der Waals surface area contributed by atoms with Crippen LogP contribution in [0.1, 0.15) is 25.0 Å². The van der Waals surface area contributed by atoms with Crippen LogP contribution in [-0.2, 0) is 5.41 Å². The van der Waals surface area contributed by atoms with Crippen LogP contribution in [0, 0.1) is 0 Å². The minimum Gasteiger partial charge on any atom is -0.228 e. The molecule has 10 rings (SSSR count). The first kappa shape index (κ1) is 30.6. The molecule has 246 valence electrons. The minimum absolute atomic E-state index is 0.0240. The molecule has 0 saturated heterocycles. The third-order valence-corrected chi connectivity index (χ3v) is 11.9. The number of thiophene rings is 1. The summed E-state index contributed by atoms with van der Waals surface area (Å²) in [6.45, 7) is 4.69. The first-order valence-corrected chi connectivity index (χ1v) is 18.6. The topological polar surface area (TPSA) is 25.8 Å². The maximum Gasteiger partial charge on any atom is 0.160 e. The molecule has 0 spiro atoms. The van der Waals surface area contributed by atoms with Crippen molar-refractivity contribution < 1.29 is 0 Å². The predicted molar refractivity (Wildman–Crippen MR) is 220 cm³/mol. The normalized spacial score (nSPS) is 13.0. The van der Waals surface area contributed by atoms with Crippen LogP contribution >= 0.6 is 11.3 Å². The average Bonchev–Trinajstić information content (AvgIpc) is 3.71. The summed E-state index contributed by atoms with van der Waals surface area (Å²) < 4.78 is 2.54. The van der Waals surface area contributed by atoms with Crippen molar-refractivity contribution >= 4 is 31.5 Å². The summed E-state index contributed by atoms with van der Waals surface area (Å²) in [7, 11) is 0. The van der Waals surface area contributed by atoms with Crippen molar-refractivity contribution in [3.8, 4) is 67.3 Å². The largest absolute Gasteiger partial charge is 0.228 e. The van der Waals surface area contributed by atoms with Crippen LogP contribution in [0.3, 0.4) is 0 Å². The maximum atomic E-state index is 5.23. The van der Waals surface area contributed by atoms with Crippen molar-refractivity contribution in [2.75, 3.05) is 0 Å². The fourth-order valence-electron chi connectivity index (χ4n) is 8.05. The van der Waals surface area contributed by atoms with Crippen molar-refractivity contribution in [3.63, 3.8) is 0 Å².